The van der Waals surface area contributed by atoms with Crippen molar-refractivity contribution in [3.05, 3.63) is 292 Å². The van der Waals surface area contributed by atoms with Crippen LogP contribution in [0.2, 0.25) is 0 Å². The summed E-state index contributed by atoms with van der Waals surface area (Å²) in [4.78, 5) is 24.3. The minimum atomic E-state index is 0. The summed E-state index contributed by atoms with van der Waals surface area (Å²) in [6.45, 7) is 0. The average molecular weight is 1390 g/mol. The van der Waals surface area contributed by atoms with E-state index in [9.17, 15) is 0 Å². The SMILES string of the molecule is [Ir+3].[Pt+2].[c-]1cc(-c2ccccc2-c2cc(-c3ccccc3-c3c[c-]c(-c4ccccn4)cc3)cc(-c3ccccc3-c3c[c-]c(-c4ccccn4)cc3)c2)c[c-]c1-c1nccc(-n2c3ccccc3c3ccc(-c4[c-]cccc4)nc32)n1. The average Bonchev–Trinajstić information content (AvgIpc) is 4.15. The normalized spacial score (nSPS) is 11.0. The number of nitrogens with zero attached hydrogens (tertiary/aromatic N) is 6. The van der Waals surface area contributed by atoms with E-state index in [-0.39, 0.29) is 41.2 Å². The molecule has 9 aromatic carbocycles. The predicted octanol–water partition coefficient (Wildman–Crippen LogP) is 17.4. The smallest absolute Gasteiger partial charge is 0.333 e. The van der Waals surface area contributed by atoms with Crippen molar-refractivity contribution in [3.8, 4) is 118 Å². The maximum atomic E-state index is 5.20. The summed E-state index contributed by atoms with van der Waals surface area (Å²) in [5.74, 6) is 1.21. The van der Waals surface area contributed by atoms with Crippen molar-refractivity contribution in [2.24, 2.45) is 0 Å². The van der Waals surface area contributed by atoms with E-state index in [0.29, 0.717) is 17.2 Å². The minimum absolute atomic E-state index is 0. The van der Waals surface area contributed by atoms with Gasteiger partial charge in [-0.25, -0.2) is 17.7 Å². The Bertz CT molecular complexity index is 4370. The van der Waals surface area contributed by atoms with Gasteiger partial charge in [-0.3, -0.25) is 21.7 Å². The molecule has 81 heavy (non-hydrogen) atoms. The number of fused-ring (bicyclic) bond motifs is 3. The Morgan fingerprint density at radius 3 is 1.35 bits per heavy atom. The second-order valence-electron chi connectivity index (χ2n) is 19.2. The van der Waals surface area contributed by atoms with E-state index in [1.165, 1.54) is 0 Å². The molecule has 384 valence electrons. The summed E-state index contributed by atoms with van der Waals surface area (Å²) in [7, 11) is 0. The summed E-state index contributed by atoms with van der Waals surface area (Å²) in [6, 6.07) is 101. The van der Waals surface area contributed by atoms with E-state index in [0.717, 1.165) is 122 Å². The van der Waals surface area contributed by atoms with Crippen molar-refractivity contribution in [3.63, 3.8) is 0 Å². The van der Waals surface area contributed by atoms with E-state index in [1.807, 2.05) is 97.3 Å². The topological polar surface area (TPSA) is 69.4 Å². The maximum Gasteiger partial charge on any atom is 3.00 e. The third kappa shape index (κ3) is 10.3. The van der Waals surface area contributed by atoms with Crippen LogP contribution in [0.1, 0.15) is 0 Å². The molecule has 0 aliphatic carbocycles. The largest absolute Gasteiger partial charge is 3.00 e. The molecule has 0 saturated heterocycles. The first-order valence-electron chi connectivity index (χ1n) is 26.1. The molecule has 0 bridgehead atoms. The third-order valence-electron chi connectivity index (χ3n) is 14.4. The minimum Gasteiger partial charge on any atom is -0.333 e. The first kappa shape index (κ1) is 52.4. The molecule has 5 aromatic heterocycles. The second kappa shape index (κ2) is 23.2. The molecule has 6 nitrogen and oxygen atoms in total. The zero-order valence-corrected chi connectivity index (χ0v) is 47.8. The van der Waals surface area contributed by atoms with E-state index < -0.39 is 0 Å². The predicted molar refractivity (Wildman–Crippen MR) is 318 cm³/mol. The molecular weight excluding hydrogens is 1350 g/mol. The molecule has 8 heteroatoms. The van der Waals surface area contributed by atoms with Gasteiger partial charge in [0.25, 0.3) is 0 Å². The summed E-state index contributed by atoms with van der Waals surface area (Å²) < 4.78 is 2.11. The molecule has 0 N–H and O–H groups in total. The number of hydrogen-bond acceptors (Lipinski definition) is 5. The van der Waals surface area contributed by atoms with Gasteiger partial charge in [-0.2, -0.15) is 5.56 Å². The molecule has 0 saturated carbocycles. The van der Waals surface area contributed by atoms with Crippen LogP contribution >= 0.6 is 0 Å². The number of benzene rings is 9. The summed E-state index contributed by atoms with van der Waals surface area (Å²) in [6.07, 6.45) is 5.43. The van der Waals surface area contributed by atoms with Gasteiger partial charge < -0.3 is 19.9 Å². The van der Waals surface area contributed by atoms with Crippen LogP contribution in [0.25, 0.3) is 140 Å². The molecule has 0 unspecified atom stereocenters. The quantitative estimate of drug-likeness (QED) is 0.121. The van der Waals surface area contributed by atoms with E-state index in [2.05, 4.69) is 203 Å². The van der Waals surface area contributed by atoms with Gasteiger partial charge in [0.05, 0.1) is 5.52 Å². The standard InChI is InChI=1S/C73H43N6.Ir.Pt/c1-2-16-52(17-3-1)69-41-40-66-65-24-10-11-27-70(65)79(73(66)77-69)71-42-45-76-72(78-71)55-38-32-51(33-39-55)61-20-6-9-23-64(61)58-47-56(62-21-7-4-18-59(62)49-28-34-53(35-29-49)67-25-12-14-43-74-67)46-57(48-58)63-22-8-5-19-60(63)50-30-36-54(37-31-50)68-26-13-15-44-75-68;;/h1-16,18-34,36,40-48H;;/q-5;+3;+2. The Balaban J connectivity index is 0.00000326. The molecule has 0 atom stereocenters. The van der Waals surface area contributed by atoms with E-state index in [4.69, 9.17) is 15.0 Å². The first-order chi connectivity index (χ1) is 39.2. The Kier molecular flexibility index (Phi) is 15.0. The van der Waals surface area contributed by atoms with E-state index in [1.54, 1.807) is 6.20 Å². The van der Waals surface area contributed by atoms with Gasteiger partial charge in [-0.05, 0) is 98.8 Å². The van der Waals surface area contributed by atoms with Crippen LogP contribution in [0.4, 0.5) is 0 Å². The van der Waals surface area contributed by atoms with Crippen LogP contribution in [0.3, 0.4) is 0 Å². The van der Waals surface area contributed by atoms with Crippen LogP contribution in [0.5, 0.6) is 0 Å². The fraction of sp³-hybridized carbons (Fsp3) is 0. The summed E-state index contributed by atoms with van der Waals surface area (Å²) in [5.41, 5.74) is 20.8. The molecule has 0 spiro atoms. The van der Waals surface area contributed by atoms with Crippen LogP contribution in [-0.2, 0) is 41.2 Å². The Morgan fingerprint density at radius 1 is 0.333 bits per heavy atom. The second-order valence-corrected chi connectivity index (χ2v) is 19.2. The third-order valence-corrected chi connectivity index (χ3v) is 14.4. The molecule has 5 heterocycles. The van der Waals surface area contributed by atoms with E-state index >= 15 is 0 Å². The fourth-order valence-corrected chi connectivity index (χ4v) is 10.6. The van der Waals surface area contributed by atoms with Crippen molar-refractivity contribution < 1.29 is 41.2 Å². The van der Waals surface area contributed by atoms with Gasteiger partial charge in [0.1, 0.15) is 11.5 Å². The number of aromatic nitrogens is 6. The van der Waals surface area contributed by atoms with Crippen molar-refractivity contribution in [1.82, 2.24) is 29.5 Å². The Morgan fingerprint density at radius 2 is 0.827 bits per heavy atom. The van der Waals surface area contributed by atoms with Crippen LogP contribution in [0, 0.1) is 30.3 Å². The van der Waals surface area contributed by atoms with Crippen molar-refractivity contribution in [2.75, 3.05) is 0 Å². The van der Waals surface area contributed by atoms with Gasteiger partial charge in [-0.1, -0.05) is 155 Å². The monoisotopic (exact) mass is 1390 g/mol. The van der Waals surface area contributed by atoms with Gasteiger partial charge >= 0.3 is 41.2 Å². The first-order valence-corrected chi connectivity index (χ1v) is 26.1. The number of rotatable bonds is 11. The van der Waals surface area contributed by atoms with Crippen molar-refractivity contribution in [2.45, 2.75) is 0 Å². The Hall–Kier alpha value is -9.35. The molecule has 0 amide bonds. The van der Waals surface area contributed by atoms with Crippen LogP contribution < -0.4 is 0 Å². The summed E-state index contributed by atoms with van der Waals surface area (Å²) in [5, 5.41) is 2.13. The summed E-state index contributed by atoms with van der Waals surface area (Å²) >= 11 is 0. The number of hydrogen-bond donors (Lipinski definition) is 0. The van der Waals surface area contributed by atoms with Crippen molar-refractivity contribution in [1.29, 1.82) is 0 Å². The maximum absolute atomic E-state index is 5.20. The number of para-hydroxylation sites is 1. The van der Waals surface area contributed by atoms with Crippen LogP contribution in [0.15, 0.2) is 261 Å². The zero-order chi connectivity index (χ0) is 52.5. The fourth-order valence-electron chi connectivity index (χ4n) is 10.6. The number of pyridine rings is 3. The molecule has 0 radical (unpaired) electrons. The van der Waals surface area contributed by atoms with Gasteiger partial charge in [0.15, 0.2) is 0 Å². The molecule has 0 aliphatic rings. The molecular formula is C73H43IrN6Pt. The van der Waals surface area contributed by atoms with Gasteiger partial charge in [0, 0.05) is 29.4 Å². The molecule has 0 fully saturated rings. The van der Waals surface area contributed by atoms with Gasteiger partial charge in [0.2, 0.25) is 0 Å². The molecule has 0 aliphatic heterocycles. The zero-order valence-electron chi connectivity index (χ0n) is 43.2. The molecule has 14 aromatic rings. The van der Waals surface area contributed by atoms with Crippen LogP contribution in [-0.4, -0.2) is 29.5 Å². The van der Waals surface area contributed by atoms with Crippen molar-refractivity contribution >= 4 is 21.9 Å². The molecule has 14 rings (SSSR count). The van der Waals surface area contributed by atoms with Gasteiger partial charge in [-0.15, -0.1) is 95.6 Å². The Labute approximate surface area is 498 Å².